The first-order valence-corrected chi connectivity index (χ1v) is 6.60. The van der Waals surface area contributed by atoms with Gasteiger partial charge in [-0.15, -0.1) is 11.8 Å². The van der Waals surface area contributed by atoms with Crippen LogP contribution in [0.25, 0.3) is 0 Å². The summed E-state index contributed by atoms with van der Waals surface area (Å²) in [5, 5.41) is 8.34. The summed E-state index contributed by atoms with van der Waals surface area (Å²) < 4.78 is 5.63. The number of hydrogen-bond acceptors (Lipinski definition) is 3. The molecule has 0 aliphatic carbocycles. The second kappa shape index (κ2) is 6.55. The smallest absolute Gasteiger partial charge is 0.316 e. The zero-order chi connectivity index (χ0) is 12.8. The Hall–Kier alpha value is -1.16. The molecule has 0 aliphatic rings. The number of carboxylic acid groups (broad SMARTS) is 1. The highest BCUT2D eigenvalue weighted by molar-refractivity contribution is 8.00. The first-order valence-electron chi connectivity index (χ1n) is 5.55. The number of carboxylic acids is 1. The molecular formula is C13H18O3S. The van der Waals surface area contributed by atoms with Crippen molar-refractivity contribution in [2.24, 2.45) is 0 Å². The minimum Gasteiger partial charge on any atom is -0.492 e. The molecule has 4 heteroatoms. The van der Waals surface area contributed by atoms with Crippen LogP contribution in [0.4, 0.5) is 0 Å². The standard InChI is InChI=1S/C13H18O3S/c1-9-4-5-10(2)12(8-9)16-6-7-17-11(3)13(14)15/h4-5,8,11H,6-7H2,1-3H3,(H,14,15). The van der Waals surface area contributed by atoms with Gasteiger partial charge in [0.25, 0.3) is 0 Å². The van der Waals surface area contributed by atoms with Crippen molar-refractivity contribution in [3.8, 4) is 5.75 Å². The number of aryl methyl sites for hydroxylation is 2. The van der Waals surface area contributed by atoms with E-state index in [2.05, 4.69) is 0 Å². The van der Waals surface area contributed by atoms with Gasteiger partial charge in [-0.1, -0.05) is 12.1 Å². The number of ether oxygens (including phenoxy) is 1. The lowest BCUT2D eigenvalue weighted by Crippen LogP contribution is -2.14. The van der Waals surface area contributed by atoms with Crippen LogP contribution in [0, 0.1) is 13.8 Å². The molecular weight excluding hydrogens is 236 g/mol. The Morgan fingerprint density at radius 2 is 2.18 bits per heavy atom. The molecule has 0 aromatic heterocycles. The normalized spacial score (nSPS) is 12.2. The van der Waals surface area contributed by atoms with Gasteiger partial charge in [0.15, 0.2) is 0 Å². The van der Waals surface area contributed by atoms with Crippen LogP contribution in [-0.2, 0) is 4.79 Å². The highest BCUT2D eigenvalue weighted by atomic mass is 32.2. The molecule has 1 N–H and O–H groups in total. The van der Waals surface area contributed by atoms with Crippen molar-refractivity contribution in [3.63, 3.8) is 0 Å². The van der Waals surface area contributed by atoms with E-state index in [1.54, 1.807) is 6.92 Å². The molecule has 1 aromatic rings. The number of carbonyl (C=O) groups is 1. The Kier molecular flexibility index (Phi) is 5.35. The third-order valence-electron chi connectivity index (χ3n) is 2.40. The first kappa shape index (κ1) is 13.9. The fourth-order valence-electron chi connectivity index (χ4n) is 1.31. The Bertz CT molecular complexity index is 390. The van der Waals surface area contributed by atoms with Gasteiger partial charge in [0, 0.05) is 5.75 Å². The van der Waals surface area contributed by atoms with Gasteiger partial charge in [0.05, 0.1) is 11.9 Å². The van der Waals surface area contributed by atoms with E-state index in [-0.39, 0.29) is 5.25 Å². The maximum absolute atomic E-state index is 10.6. The van der Waals surface area contributed by atoms with Crippen LogP contribution in [0.1, 0.15) is 18.1 Å². The van der Waals surface area contributed by atoms with Crippen molar-refractivity contribution in [2.75, 3.05) is 12.4 Å². The predicted octanol–water partition coefficient (Wildman–Crippen LogP) is 2.89. The van der Waals surface area contributed by atoms with Crippen LogP contribution in [0.3, 0.4) is 0 Å². The van der Waals surface area contributed by atoms with Crippen LogP contribution in [0.2, 0.25) is 0 Å². The molecule has 0 saturated heterocycles. The molecule has 1 aromatic carbocycles. The van der Waals surface area contributed by atoms with Crippen LogP contribution in [0.15, 0.2) is 18.2 Å². The number of benzene rings is 1. The second-order valence-electron chi connectivity index (χ2n) is 3.97. The van der Waals surface area contributed by atoms with Gasteiger partial charge >= 0.3 is 5.97 Å². The molecule has 0 bridgehead atoms. The van der Waals surface area contributed by atoms with E-state index >= 15 is 0 Å². The van der Waals surface area contributed by atoms with Crippen molar-refractivity contribution in [2.45, 2.75) is 26.0 Å². The summed E-state index contributed by atoms with van der Waals surface area (Å²) in [5.41, 5.74) is 2.27. The maximum Gasteiger partial charge on any atom is 0.316 e. The Morgan fingerprint density at radius 1 is 1.47 bits per heavy atom. The topological polar surface area (TPSA) is 46.5 Å². The molecule has 0 heterocycles. The van der Waals surface area contributed by atoms with Crippen molar-refractivity contribution < 1.29 is 14.6 Å². The molecule has 3 nitrogen and oxygen atoms in total. The Labute approximate surface area is 106 Å². The average Bonchev–Trinajstić information content (AvgIpc) is 2.28. The Morgan fingerprint density at radius 3 is 2.82 bits per heavy atom. The van der Waals surface area contributed by atoms with Gasteiger partial charge < -0.3 is 9.84 Å². The fraction of sp³-hybridized carbons (Fsp3) is 0.462. The van der Waals surface area contributed by atoms with E-state index in [1.165, 1.54) is 11.8 Å². The summed E-state index contributed by atoms with van der Waals surface area (Å²) in [4.78, 5) is 10.6. The van der Waals surface area contributed by atoms with Gasteiger partial charge in [-0.3, -0.25) is 4.79 Å². The van der Waals surface area contributed by atoms with Crippen LogP contribution in [-0.4, -0.2) is 28.7 Å². The van der Waals surface area contributed by atoms with Crippen molar-refractivity contribution >= 4 is 17.7 Å². The highest BCUT2D eigenvalue weighted by Gasteiger charge is 2.10. The molecule has 0 amide bonds. The van der Waals surface area contributed by atoms with Gasteiger partial charge in [0.1, 0.15) is 5.75 Å². The first-order chi connectivity index (χ1) is 8.00. The summed E-state index contributed by atoms with van der Waals surface area (Å²) in [7, 11) is 0. The third kappa shape index (κ3) is 4.69. The minimum atomic E-state index is -0.776. The number of hydrogen-bond donors (Lipinski definition) is 1. The number of rotatable bonds is 6. The summed E-state index contributed by atoms with van der Waals surface area (Å²) in [6.45, 7) is 6.24. The molecule has 0 aliphatic heterocycles. The van der Waals surface area contributed by atoms with Crippen molar-refractivity contribution in [1.29, 1.82) is 0 Å². The SMILES string of the molecule is Cc1ccc(C)c(OCCSC(C)C(=O)O)c1. The largest absolute Gasteiger partial charge is 0.492 e. The predicted molar refractivity (Wildman–Crippen MR) is 71.0 cm³/mol. The van der Waals surface area contributed by atoms with Crippen LogP contribution >= 0.6 is 11.8 Å². The van der Waals surface area contributed by atoms with E-state index in [9.17, 15) is 4.79 Å². The average molecular weight is 254 g/mol. The fourth-order valence-corrected chi connectivity index (χ4v) is 1.99. The van der Waals surface area contributed by atoms with E-state index in [0.29, 0.717) is 12.4 Å². The van der Waals surface area contributed by atoms with Crippen molar-refractivity contribution in [1.82, 2.24) is 0 Å². The maximum atomic E-state index is 10.6. The monoisotopic (exact) mass is 254 g/mol. The van der Waals surface area contributed by atoms with Crippen LogP contribution in [0.5, 0.6) is 5.75 Å². The molecule has 0 saturated carbocycles. The lowest BCUT2D eigenvalue weighted by Gasteiger charge is -2.10. The molecule has 0 radical (unpaired) electrons. The zero-order valence-corrected chi connectivity index (χ0v) is 11.2. The van der Waals surface area contributed by atoms with Gasteiger partial charge in [-0.2, -0.15) is 0 Å². The van der Waals surface area contributed by atoms with E-state index < -0.39 is 5.97 Å². The molecule has 1 rings (SSSR count). The second-order valence-corrected chi connectivity index (χ2v) is 5.42. The quantitative estimate of drug-likeness (QED) is 0.793. The van der Waals surface area contributed by atoms with Crippen LogP contribution < -0.4 is 4.74 Å². The highest BCUT2D eigenvalue weighted by Crippen LogP contribution is 2.19. The molecule has 0 fully saturated rings. The number of thioether (sulfide) groups is 1. The van der Waals surface area contributed by atoms with E-state index in [4.69, 9.17) is 9.84 Å². The molecule has 0 spiro atoms. The van der Waals surface area contributed by atoms with Crippen molar-refractivity contribution in [3.05, 3.63) is 29.3 Å². The van der Waals surface area contributed by atoms with Gasteiger partial charge in [-0.25, -0.2) is 0 Å². The Balaban J connectivity index is 2.36. The third-order valence-corrected chi connectivity index (χ3v) is 3.50. The summed E-state index contributed by atoms with van der Waals surface area (Å²) in [6.07, 6.45) is 0. The molecule has 1 atom stereocenters. The lowest BCUT2D eigenvalue weighted by molar-refractivity contribution is -0.136. The van der Waals surface area contributed by atoms with E-state index in [0.717, 1.165) is 16.9 Å². The molecule has 1 unspecified atom stereocenters. The summed E-state index contributed by atoms with van der Waals surface area (Å²) >= 11 is 1.39. The van der Waals surface area contributed by atoms with Gasteiger partial charge in [-0.05, 0) is 38.0 Å². The lowest BCUT2D eigenvalue weighted by atomic mass is 10.1. The van der Waals surface area contributed by atoms with Gasteiger partial charge in [0.2, 0.25) is 0 Å². The van der Waals surface area contributed by atoms with E-state index in [1.807, 2.05) is 32.0 Å². The summed E-state index contributed by atoms with van der Waals surface area (Å²) in [6, 6.07) is 6.07. The number of aliphatic carboxylic acids is 1. The minimum absolute atomic E-state index is 0.378. The zero-order valence-electron chi connectivity index (χ0n) is 10.4. The molecule has 17 heavy (non-hydrogen) atoms. The summed E-state index contributed by atoms with van der Waals surface area (Å²) in [5.74, 6) is 0.788. The molecule has 94 valence electrons.